The van der Waals surface area contributed by atoms with Gasteiger partial charge in [0.25, 0.3) is 5.91 Å². The van der Waals surface area contributed by atoms with Crippen LogP contribution in [0.1, 0.15) is 16.1 Å². The van der Waals surface area contributed by atoms with Gasteiger partial charge in [0, 0.05) is 23.2 Å². The number of hydrogen-bond donors (Lipinski definition) is 2. The Balaban J connectivity index is 1.72. The average molecular weight is 302 g/mol. The van der Waals surface area contributed by atoms with Crippen LogP contribution in [0.25, 0.3) is 21.8 Å². The predicted molar refractivity (Wildman–Crippen MR) is 90.5 cm³/mol. The minimum atomic E-state index is -0.221. The monoisotopic (exact) mass is 302 g/mol. The summed E-state index contributed by atoms with van der Waals surface area (Å²) >= 11 is 0. The van der Waals surface area contributed by atoms with E-state index < -0.39 is 0 Å². The second kappa shape index (κ2) is 5.21. The van der Waals surface area contributed by atoms with Crippen molar-refractivity contribution in [2.45, 2.75) is 6.92 Å². The standard InChI is InChI=1S/C18H14N4O/c1-11-4-7-15(20-10-11)22-18(23)14-9-13-6-5-12-3-2-8-19-16(12)17(13)21-14/h2-10,21H,1H3,(H,20,22,23). The Labute approximate surface area is 132 Å². The molecule has 0 unspecified atom stereocenters. The normalized spacial score (nSPS) is 11.0. The van der Waals surface area contributed by atoms with Crippen LogP contribution in [0.3, 0.4) is 0 Å². The second-order valence-electron chi connectivity index (χ2n) is 5.46. The first kappa shape index (κ1) is 13.5. The van der Waals surface area contributed by atoms with E-state index in [1.165, 1.54) is 0 Å². The number of aromatic nitrogens is 3. The van der Waals surface area contributed by atoms with Gasteiger partial charge in [-0.1, -0.05) is 24.3 Å². The largest absolute Gasteiger partial charge is 0.349 e. The van der Waals surface area contributed by atoms with Gasteiger partial charge in [0.1, 0.15) is 11.5 Å². The van der Waals surface area contributed by atoms with Crippen molar-refractivity contribution in [1.82, 2.24) is 15.0 Å². The lowest BCUT2D eigenvalue weighted by Crippen LogP contribution is -2.13. The molecule has 0 saturated carbocycles. The van der Waals surface area contributed by atoms with Crippen LogP contribution >= 0.6 is 0 Å². The summed E-state index contributed by atoms with van der Waals surface area (Å²) in [6.07, 6.45) is 3.47. The maximum Gasteiger partial charge on any atom is 0.273 e. The minimum absolute atomic E-state index is 0.221. The fraction of sp³-hybridized carbons (Fsp3) is 0.0556. The van der Waals surface area contributed by atoms with Gasteiger partial charge in [0.2, 0.25) is 0 Å². The number of hydrogen-bond acceptors (Lipinski definition) is 3. The molecule has 0 aliphatic heterocycles. The number of aryl methyl sites for hydroxylation is 1. The molecule has 4 aromatic rings. The van der Waals surface area contributed by atoms with Crippen molar-refractivity contribution in [3.05, 3.63) is 66.1 Å². The highest BCUT2D eigenvalue weighted by molar-refractivity contribution is 6.10. The van der Waals surface area contributed by atoms with Crippen LogP contribution in [0.5, 0.6) is 0 Å². The summed E-state index contributed by atoms with van der Waals surface area (Å²) in [6.45, 7) is 1.95. The quantitative estimate of drug-likeness (QED) is 0.593. The molecule has 23 heavy (non-hydrogen) atoms. The fourth-order valence-corrected chi connectivity index (χ4v) is 2.59. The Bertz CT molecular complexity index is 1020. The van der Waals surface area contributed by atoms with Crippen molar-refractivity contribution in [3.8, 4) is 0 Å². The summed E-state index contributed by atoms with van der Waals surface area (Å²) in [5.74, 6) is 0.309. The van der Waals surface area contributed by atoms with Gasteiger partial charge in [-0.2, -0.15) is 0 Å². The number of fused-ring (bicyclic) bond motifs is 3. The van der Waals surface area contributed by atoms with Gasteiger partial charge in [-0.05, 0) is 30.7 Å². The molecule has 0 spiro atoms. The van der Waals surface area contributed by atoms with Crippen molar-refractivity contribution >= 4 is 33.5 Å². The zero-order valence-corrected chi connectivity index (χ0v) is 12.5. The number of nitrogens with zero attached hydrogens (tertiary/aromatic N) is 2. The third-order valence-corrected chi connectivity index (χ3v) is 3.76. The van der Waals surface area contributed by atoms with Crippen LogP contribution in [-0.2, 0) is 0 Å². The zero-order chi connectivity index (χ0) is 15.8. The number of rotatable bonds is 2. The maximum atomic E-state index is 12.4. The van der Waals surface area contributed by atoms with Crippen molar-refractivity contribution in [3.63, 3.8) is 0 Å². The maximum absolute atomic E-state index is 12.4. The summed E-state index contributed by atoms with van der Waals surface area (Å²) in [5, 5.41) is 4.79. The van der Waals surface area contributed by atoms with E-state index in [1.807, 2.05) is 43.3 Å². The molecule has 0 saturated heterocycles. The Morgan fingerprint density at radius 2 is 1.96 bits per heavy atom. The van der Waals surface area contributed by atoms with E-state index in [9.17, 15) is 4.79 Å². The SMILES string of the molecule is Cc1ccc(NC(=O)c2cc3ccc4cccnc4c3[nH]2)nc1. The van der Waals surface area contributed by atoms with E-state index in [2.05, 4.69) is 20.3 Å². The van der Waals surface area contributed by atoms with Crippen LogP contribution in [0.4, 0.5) is 5.82 Å². The lowest BCUT2D eigenvalue weighted by molar-refractivity contribution is 0.102. The molecule has 3 heterocycles. The molecule has 0 bridgehead atoms. The van der Waals surface area contributed by atoms with Crippen molar-refractivity contribution < 1.29 is 4.79 Å². The molecule has 1 amide bonds. The van der Waals surface area contributed by atoms with Crippen molar-refractivity contribution in [2.24, 2.45) is 0 Å². The van der Waals surface area contributed by atoms with Gasteiger partial charge in [-0.15, -0.1) is 0 Å². The molecule has 2 N–H and O–H groups in total. The third-order valence-electron chi connectivity index (χ3n) is 3.76. The van der Waals surface area contributed by atoms with E-state index in [4.69, 9.17) is 0 Å². The number of aromatic amines is 1. The van der Waals surface area contributed by atoms with Crippen LogP contribution in [0, 0.1) is 6.92 Å². The predicted octanol–water partition coefficient (Wildman–Crippen LogP) is 3.67. The molecule has 5 nitrogen and oxygen atoms in total. The van der Waals surface area contributed by atoms with E-state index in [0.29, 0.717) is 11.5 Å². The highest BCUT2D eigenvalue weighted by Gasteiger charge is 2.12. The number of pyridine rings is 2. The number of H-pyrrole nitrogens is 1. The molecule has 112 valence electrons. The molecule has 5 heteroatoms. The van der Waals surface area contributed by atoms with Gasteiger partial charge in [-0.3, -0.25) is 9.78 Å². The Morgan fingerprint density at radius 3 is 2.78 bits per heavy atom. The minimum Gasteiger partial charge on any atom is -0.349 e. The van der Waals surface area contributed by atoms with Crippen LogP contribution < -0.4 is 5.32 Å². The lowest BCUT2D eigenvalue weighted by Gasteiger charge is -2.02. The third kappa shape index (κ3) is 2.42. The van der Waals surface area contributed by atoms with E-state index in [0.717, 1.165) is 27.4 Å². The second-order valence-corrected chi connectivity index (χ2v) is 5.46. The smallest absolute Gasteiger partial charge is 0.273 e. The van der Waals surface area contributed by atoms with Crippen LogP contribution in [0.15, 0.2) is 54.9 Å². The van der Waals surface area contributed by atoms with Gasteiger partial charge < -0.3 is 10.3 Å². The first-order valence-corrected chi connectivity index (χ1v) is 7.31. The molecule has 0 atom stereocenters. The Hall–Kier alpha value is -3.21. The van der Waals surface area contributed by atoms with Gasteiger partial charge >= 0.3 is 0 Å². The Kier molecular flexibility index (Phi) is 3.05. The molecular formula is C18H14N4O. The topological polar surface area (TPSA) is 70.7 Å². The van der Waals surface area contributed by atoms with Crippen LogP contribution in [-0.4, -0.2) is 20.9 Å². The van der Waals surface area contributed by atoms with Crippen LogP contribution in [0.2, 0.25) is 0 Å². The van der Waals surface area contributed by atoms with E-state index in [1.54, 1.807) is 18.5 Å². The molecular weight excluding hydrogens is 288 g/mol. The molecule has 0 radical (unpaired) electrons. The molecule has 0 aliphatic carbocycles. The van der Waals surface area contributed by atoms with Gasteiger partial charge in [0.05, 0.1) is 11.0 Å². The van der Waals surface area contributed by atoms with Crippen molar-refractivity contribution in [1.29, 1.82) is 0 Å². The molecule has 1 aromatic carbocycles. The van der Waals surface area contributed by atoms with Crippen molar-refractivity contribution in [2.75, 3.05) is 5.32 Å². The number of amides is 1. The summed E-state index contributed by atoms with van der Waals surface area (Å²) in [7, 11) is 0. The van der Waals surface area contributed by atoms with E-state index in [-0.39, 0.29) is 5.91 Å². The summed E-state index contributed by atoms with van der Waals surface area (Å²) in [4.78, 5) is 24.2. The molecule has 0 fully saturated rings. The first-order valence-electron chi connectivity index (χ1n) is 7.31. The fourth-order valence-electron chi connectivity index (χ4n) is 2.59. The van der Waals surface area contributed by atoms with E-state index >= 15 is 0 Å². The Morgan fingerprint density at radius 1 is 1.09 bits per heavy atom. The summed E-state index contributed by atoms with van der Waals surface area (Å²) in [5.41, 5.74) is 3.26. The molecule has 3 aromatic heterocycles. The number of nitrogens with one attached hydrogen (secondary N) is 2. The lowest BCUT2D eigenvalue weighted by atomic mass is 10.1. The molecule has 0 aliphatic rings. The highest BCUT2D eigenvalue weighted by Crippen LogP contribution is 2.24. The van der Waals surface area contributed by atoms with Gasteiger partial charge in [0.15, 0.2) is 0 Å². The highest BCUT2D eigenvalue weighted by atomic mass is 16.1. The zero-order valence-electron chi connectivity index (χ0n) is 12.5. The average Bonchev–Trinajstić information content (AvgIpc) is 3.02. The van der Waals surface area contributed by atoms with Gasteiger partial charge in [-0.25, -0.2) is 4.98 Å². The molecule has 4 rings (SSSR count). The summed E-state index contributed by atoms with van der Waals surface area (Å²) in [6, 6.07) is 13.4. The number of anilines is 1. The number of carbonyl (C=O) groups is 1. The first-order chi connectivity index (χ1) is 11.2. The number of benzene rings is 1. The number of carbonyl (C=O) groups excluding carboxylic acids is 1. The summed E-state index contributed by atoms with van der Waals surface area (Å²) < 4.78 is 0.